The molecular formula is C17H32N2O2. The summed E-state index contributed by atoms with van der Waals surface area (Å²) in [6.07, 6.45) is 3.37. The van der Waals surface area contributed by atoms with Gasteiger partial charge in [0.1, 0.15) is 5.60 Å². The summed E-state index contributed by atoms with van der Waals surface area (Å²) in [5.41, 5.74) is 0.0349. The van der Waals surface area contributed by atoms with Crippen molar-refractivity contribution in [2.24, 2.45) is 11.3 Å². The molecule has 0 aromatic rings. The molecular weight excluding hydrogens is 264 g/mol. The first-order valence-electron chi connectivity index (χ1n) is 8.30. The summed E-state index contributed by atoms with van der Waals surface area (Å²) in [6, 6.07) is 1.00. The molecule has 0 bridgehead atoms. The van der Waals surface area contributed by atoms with Crippen molar-refractivity contribution in [1.29, 1.82) is 0 Å². The van der Waals surface area contributed by atoms with Gasteiger partial charge in [-0.1, -0.05) is 20.8 Å². The van der Waals surface area contributed by atoms with Gasteiger partial charge in [-0.15, -0.1) is 0 Å². The van der Waals surface area contributed by atoms with Crippen molar-refractivity contribution in [3.63, 3.8) is 0 Å². The molecule has 3 unspecified atom stereocenters. The molecule has 1 aliphatic heterocycles. The Kier molecular flexibility index (Phi) is 4.57. The molecule has 0 aromatic heterocycles. The third kappa shape index (κ3) is 4.60. The van der Waals surface area contributed by atoms with Crippen LogP contribution in [-0.2, 0) is 4.74 Å². The van der Waals surface area contributed by atoms with E-state index in [9.17, 15) is 4.79 Å². The molecule has 122 valence electrons. The maximum Gasteiger partial charge on any atom is 0.410 e. The number of likely N-dealkylation sites (tertiary alicyclic amines) is 1. The van der Waals surface area contributed by atoms with Crippen LogP contribution in [-0.4, -0.2) is 41.8 Å². The SMILES string of the molecule is CC1CC(C)(C)CC1NC1CCN(C(=O)OC(C)(C)C)C1. The average molecular weight is 296 g/mol. The fourth-order valence-electron chi connectivity index (χ4n) is 3.81. The fraction of sp³-hybridized carbons (Fsp3) is 0.941. The second-order valence-corrected chi connectivity index (χ2v) is 8.73. The van der Waals surface area contributed by atoms with Gasteiger partial charge in [-0.05, 0) is 51.4 Å². The molecule has 1 N–H and O–H groups in total. The van der Waals surface area contributed by atoms with Crippen LogP contribution in [0.4, 0.5) is 4.79 Å². The topological polar surface area (TPSA) is 41.6 Å². The number of ether oxygens (including phenoxy) is 1. The minimum Gasteiger partial charge on any atom is -0.444 e. The number of rotatable bonds is 2. The lowest BCUT2D eigenvalue weighted by Crippen LogP contribution is -2.43. The monoisotopic (exact) mass is 296 g/mol. The van der Waals surface area contributed by atoms with Gasteiger partial charge in [-0.3, -0.25) is 0 Å². The Hall–Kier alpha value is -0.770. The third-order valence-electron chi connectivity index (χ3n) is 4.62. The quantitative estimate of drug-likeness (QED) is 0.849. The van der Waals surface area contributed by atoms with Crippen molar-refractivity contribution in [2.75, 3.05) is 13.1 Å². The summed E-state index contributed by atoms with van der Waals surface area (Å²) < 4.78 is 5.45. The summed E-state index contributed by atoms with van der Waals surface area (Å²) in [4.78, 5) is 13.9. The van der Waals surface area contributed by atoms with Gasteiger partial charge < -0.3 is 15.0 Å². The zero-order chi connectivity index (χ0) is 15.8. The van der Waals surface area contributed by atoms with Crippen LogP contribution in [0.15, 0.2) is 0 Å². The Morgan fingerprint density at radius 1 is 1.29 bits per heavy atom. The molecule has 1 amide bonds. The standard InChI is InChI=1S/C17H32N2O2/c1-12-9-17(5,6)10-14(12)18-13-7-8-19(11-13)15(20)21-16(2,3)4/h12-14,18H,7-11H2,1-6H3. The fourth-order valence-corrected chi connectivity index (χ4v) is 3.81. The Labute approximate surface area is 129 Å². The van der Waals surface area contributed by atoms with Crippen molar-refractivity contribution >= 4 is 6.09 Å². The molecule has 21 heavy (non-hydrogen) atoms. The summed E-state index contributed by atoms with van der Waals surface area (Å²) in [5, 5.41) is 3.78. The summed E-state index contributed by atoms with van der Waals surface area (Å²) >= 11 is 0. The smallest absolute Gasteiger partial charge is 0.410 e. The van der Waals surface area contributed by atoms with Crippen molar-refractivity contribution in [2.45, 2.75) is 78.5 Å². The highest BCUT2D eigenvalue weighted by Gasteiger charge is 2.39. The lowest BCUT2D eigenvalue weighted by atomic mass is 9.91. The van der Waals surface area contributed by atoms with Gasteiger partial charge in [0.2, 0.25) is 0 Å². The summed E-state index contributed by atoms with van der Waals surface area (Å²) in [6.45, 7) is 14.4. The molecule has 2 rings (SSSR count). The van der Waals surface area contributed by atoms with Crippen LogP contribution in [0.2, 0.25) is 0 Å². The third-order valence-corrected chi connectivity index (χ3v) is 4.62. The van der Waals surface area contributed by atoms with Crippen molar-refractivity contribution in [1.82, 2.24) is 10.2 Å². The van der Waals surface area contributed by atoms with E-state index >= 15 is 0 Å². The van der Waals surface area contributed by atoms with Crippen LogP contribution in [0.1, 0.15) is 60.8 Å². The highest BCUT2D eigenvalue weighted by Crippen LogP contribution is 2.41. The van der Waals surface area contributed by atoms with Gasteiger partial charge >= 0.3 is 6.09 Å². The minimum atomic E-state index is -0.410. The van der Waals surface area contributed by atoms with E-state index in [0.29, 0.717) is 17.5 Å². The Morgan fingerprint density at radius 3 is 2.48 bits per heavy atom. The van der Waals surface area contributed by atoms with E-state index in [2.05, 4.69) is 26.1 Å². The van der Waals surface area contributed by atoms with E-state index < -0.39 is 5.60 Å². The predicted octanol–water partition coefficient (Wildman–Crippen LogP) is 3.41. The predicted molar refractivity (Wildman–Crippen MR) is 85.3 cm³/mol. The molecule has 0 radical (unpaired) electrons. The highest BCUT2D eigenvalue weighted by molar-refractivity contribution is 5.68. The molecule has 1 heterocycles. The molecule has 0 spiro atoms. The van der Waals surface area contributed by atoms with E-state index in [-0.39, 0.29) is 6.09 Å². The molecule has 1 saturated carbocycles. The first-order chi connectivity index (χ1) is 9.56. The van der Waals surface area contributed by atoms with E-state index in [1.165, 1.54) is 12.8 Å². The second-order valence-electron chi connectivity index (χ2n) is 8.73. The Bertz CT molecular complexity index is 387. The van der Waals surface area contributed by atoms with Gasteiger partial charge in [-0.25, -0.2) is 4.79 Å². The Balaban J connectivity index is 1.82. The van der Waals surface area contributed by atoms with E-state index in [0.717, 1.165) is 25.4 Å². The van der Waals surface area contributed by atoms with E-state index in [4.69, 9.17) is 4.74 Å². The number of nitrogens with zero attached hydrogens (tertiary/aromatic N) is 1. The van der Waals surface area contributed by atoms with Crippen molar-refractivity contribution < 1.29 is 9.53 Å². The number of hydrogen-bond donors (Lipinski definition) is 1. The van der Waals surface area contributed by atoms with Crippen LogP contribution in [0.5, 0.6) is 0 Å². The number of amides is 1. The summed E-state index contributed by atoms with van der Waals surface area (Å²) in [5.74, 6) is 0.718. The first-order valence-corrected chi connectivity index (χ1v) is 8.30. The first kappa shape index (κ1) is 16.6. The zero-order valence-electron chi connectivity index (χ0n) is 14.5. The average Bonchev–Trinajstić information content (AvgIpc) is 2.82. The normalized spacial score (nSPS) is 32.5. The molecule has 4 nitrogen and oxygen atoms in total. The number of hydrogen-bond acceptors (Lipinski definition) is 3. The molecule has 1 saturated heterocycles. The van der Waals surface area contributed by atoms with Gasteiger partial charge in [0, 0.05) is 25.2 Å². The highest BCUT2D eigenvalue weighted by atomic mass is 16.6. The maximum absolute atomic E-state index is 12.1. The van der Waals surface area contributed by atoms with Gasteiger partial charge in [-0.2, -0.15) is 0 Å². The molecule has 0 aromatic carbocycles. The van der Waals surface area contributed by atoms with Crippen LogP contribution in [0.25, 0.3) is 0 Å². The Morgan fingerprint density at radius 2 is 1.95 bits per heavy atom. The van der Waals surface area contributed by atoms with Crippen LogP contribution in [0, 0.1) is 11.3 Å². The van der Waals surface area contributed by atoms with Gasteiger partial charge in [0.15, 0.2) is 0 Å². The molecule has 2 fully saturated rings. The zero-order valence-corrected chi connectivity index (χ0v) is 14.5. The molecule has 1 aliphatic carbocycles. The van der Waals surface area contributed by atoms with E-state index in [1.807, 2.05) is 25.7 Å². The minimum absolute atomic E-state index is 0.174. The number of carbonyl (C=O) groups is 1. The van der Waals surface area contributed by atoms with Crippen molar-refractivity contribution in [3.8, 4) is 0 Å². The molecule has 2 aliphatic rings. The lowest BCUT2D eigenvalue weighted by molar-refractivity contribution is 0.0290. The van der Waals surface area contributed by atoms with E-state index in [1.54, 1.807) is 0 Å². The number of carbonyl (C=O) groups excluding carboxylic acids is 1. The largest absolute Gasteiger partial charge is 0.444 e. The van der Waals surface area contributed by atoms with Crippen LogP contribution < -0.4 is 5.32 Å². The second kappa shape index (κ2) is 5.79. The molecule has 4 heteroatoms. The van der Waals surface area contributed by atoms with Crippen LogP contribution in [0.3, 0.4) is 0 Å². The van der Waals surface area contributed by atoms with Crippen molar-refractivity contribution in [3.05, 3.63) is 0 Å². The maximum atomic E-state index is 12.1. The number of nitrogens with one attached hydrogen (secondary N) is 1. The van der Waals surface area contributed by atoms with Gasteiger partial charge in [0.05, 0.1) is 0 Å². The molecule has 3 atom stereocenters. The van der Waals surface area contributed by atoms with Crippen LogP contribution >= 0.6 is 0 Å². The lowest BCUT2D eigenvalue weighted by Gasteiger charge is -2.26. The van der Waals surface area contributed by atoms with Gasteiger partial charge in [0.25, 0.3) is 0 Å². The summed E-state index contributed by atoms with van der Waals surface area (Å²) in [7, 11) is 0.